The Hall–Kier alpha value is -6.64. The Balaban J connectivity index is 1.08. The van der Waals surface area contributed by atoms with Gasteiger partial charge < -0.3 is 47.4 Å². The predicted octanol–water partition coefficient (Wildman–Crippen LogP) is 12.4. The third kappa shape index (κ3) is 15.5. The molecule has 0 amide bonds. The fraction of sp³-hybridized carbons (Fsp3) is 0.284. The van der Waals surface area contributed by atoms with Gasteiger partial charge in [-0.3, -0.25) is 0 Å². The molecule has 8 aromatic carbocycles. The maximum Gasteiger partial charge on any atom is 0.187 e. The van der Waals surface area contributed by atoms with Crippen LogP contribution in [-0.2, 0) is 100 Å². The monoisotopic (exact) mass is 1030 g/mol. The van der Waals surface area contributed by atoms with Crippen molar-refractivity contribution < 1.29 is 47.4 Å². The molecule has 10 atom stereocenters. The van der Waals surface area contributed by atoms with Gasteiger partial charge in [-0.15, -0.1) is 0 Å². The molecular formula is C67H68O10. The van der Waals surface area contributed by atoms with E-state index in [1.807, 2.05) is 158 Å². The second kappa shape index (κ2) is 28.7. The number of hydrogen-bond acceptors (Lipinski definition) is 10. The first-order chi connectivity index (χ1) is 38.2. The Bertz CT molecular complexity index is 2750. The Labute approximate surface area is 453 Å². The van der Waals surface area contributed by atoms with Crippen LogP contribution in [0.15, 0.2) is 243 Å². The molecule has 396 valence electrons. The van der Waals surface area contributed by atoms with E-state index in [-0.39, 0.29) is 46.2 Å². The number of rotatable bonds is 26. The van der Waals surface area contributed by atoms with E-state index in [2.05, 4.69) is 84.9 Å². The van der Waals surface area contributed by atoms with Crippen molar-refractivity contribution in [3.05, 3.63) is 287 Å². The quantitative estimate of drug-likeness (QED) is 0.0522. The van der Waals surface area contributed by atoms with Crippen LogP contribution in [0.25, 0.3) is 0 Å². The van der Waals surface area contributed by atoms with Gasteiger partial charge in [-0.05, 0) is 44.5 Å². The zero-order valence-electron chi connectivity index (χ0n) is 43.3. The molecular weight excluding hydrogens is 965 g/mol. The van der Waals surface area contributed by atoms with Crippen molar-refractivity contribution in [2.24, 2.45) is 0 Å². The topological polar surface area (TPSA) is 92.3 Å². The summed E-state index contributed by atoms with van der Waals surface area (Å²) in [7, 11) is 0. The van der Waals surface area contributed by atoms with Gasteiger partial charge >= 0.3 is 0 Å². The highest BCUT2D eigenvalue weighted by Gasteiger charge is 2.57. The van der Waals surface area contributed by atoms with Gasteiger partial charge in [0.25, 0.3) is 0 Å². The highest BCUT2D eigenvalue weighted by molar-refractivity contribution is 5.20. The molecule has 1 saturated carbocycles. The first-order valence-electron chi connectivity index (χ1n) is 26.7. The molecule has 0 spiro atoms. The summed E-state index contributed by atoms with van der Waals surface area (Å²) in [6, 6.07) is 81.1. The molecule has 1 aliphatic heterocycles. The van der Waals surface area contributed by atoms with E-state index in [0.717, 1.165) is 44.5 Å². The average molecular weight is 1030 g/mol. The summed E-state index contributed by atoms with van der Waals surface area (Å²) in [5.41, 5.74) is 7.95. The van der Waals surface area contributed by atoms with E-state index in [9.17, 15) is 0 Å². The van der Waals surface area contributed by atoms with E-state index in [1.54, 1.807) is 0 Å². The van der Waals surface area contributed by atoms with Crippen LogP contribution >= 0.6 is 0 Å². The third-order valence-electron chi connectivity index (χ3n) is 13.9. The molecule has 2 aliphatic rings. The highest BCUT2D eigenvalue weighted by atomic mass is 16.7. The molecule has 1 saturated heterocycles. The molecule has 8 aromatic rings. The van der Waals surface area contributed by atoms with Crippen molar-refractivity contribution in [3.8, 4) is 0 Å². The standard InChI is InChI=1S/C67H68O10/c1-9-25-50(26-10-1)41-68-58-49-76-67(66(75-48-57-39-23-8-24-40-57)59(58)69-42-51-27-11-2-12-28-51)77-65-63(73-46-55-35-19-6-20-36-55)61(71-44-53-31-15-4-16-32-53)60(70-43-52-29-13-3-14-30-52)62(72-45-54-33-17-5-18-34-54)64(65)74-47-56-37-21-7-22-38-56/h1-40,58-67H,41-49H2/t58-,59-,60?,61-,62+,63+,64-,65?,66+,67+/m0/s1. The largest absolute Gasteiger partial charge is 0.368 e. The minimum absolute atomic E-state index is 0.143. The first kappa shape index (κ1) is 53.7. The molecule has 10 heteroatoms. The summed E-state index contributed by atoms with van der Waals surface area (Å²) < 4.78 is 71.7. The second-order valence-corrected chi connectivity index (χ2v) is 19.5. The van der Waals surface area contributed by atoms with Gasteiger partial charge in [-0.25, -0.2) is 0 Å². The van der Waals surface area contributed by atoms with Gasteiger partial charge in [0.2, 0.25) is 0 Å². The third-order valence-corrected chi connectivity index (χ3v) is 13.9. The molecule has 0 radical (unpaired) electrons. The summed E-state index contributed by atoms with van der Waals surface area (Å²) in [5, 5.41) is 0. The zero-order valence-corrected chi connectivity index (χ0v) is 43.3. The maximum absolute atomic E-state index is 7.66. The number of ether oxygens (including phenoxy) is 10. The fourth-order valence-electron chi connectivity index (χ4n) is 9.91. The lowest BCUT2D eigenvalue weighted by Crippen LogP contribution is -2.69. The molecule has 10 rings (SSSR count). The van der Waals surface area contributed by atoms with E-state index in [1.165, 1.54) is 0 Å². The number of benzene rings is 8. The summed E-state index contributed by atoms with van der Waals surface area (Å²) in [6.07, 6.45) is -7.90. The summed E-state index contributed by atoms with van der Waals surface area (Å²) in [5.74, 6) is 0. The molecule has 2 unspecified atom stereocenters. The van der Waals surface area contributed by atoms with Gasteiger partial charge in [0.05, 0.1) is 59.5 Å². The highest BCUT2D eigenvalue weighted by Crippen LogP contribution is 2.39. The molecule has 0 N–H and O–H groups in total. The summed E-state index contributed by atoms with van der Waals surface area (Å²) in [6.45, 7) is 2.30. The van der Waals surface area contributed by atoms with Crippen LogP contribution in [0.3, 0.4) is 0 Å². The predicted molar refractivity (Wildman–Crippen MR) is 295 cm³/mol. The summed E-state index contributed by atoms with van der Waals surface area (Å²) in [4.78, 5) is 0. The van der Waals surface area contributed by atoms with E-state index in [4.69, 9.17) is 47.4 Å². The van der Waals surface area contributed by atoms with Crippen molar-refractivity contribution >= 4 is 0 Å². The minimum atomic E-state index is -1.03. The van der Waals surface area contributed by atoms with Gasteiger partial charge in [-0.2, -0.15) is 0 Å². The van der Waals surface area contributed by atoms with Crippen LogP contribution in [0.2, 0.25) is 0 Å². The van der Waals surface area contributed by atoms with Crippen molar-refractivity contribution in [1.82, 2.24) is 0 Å². The first-order valence-corrected chi connectivity index (χ1v) is 26.7. The van der Waals surface area contributed by atoms with Gasteiger partial charge in [-0.1, -0.05) is 243 Å². The van der Waals surface area contributed by atoms with Crippen LogP contribution < -0.4 is 0 Å². The average Bonchev–Trinajstić information content (AvgIpc) is 3.54. The molecule has 0 aromatic heterocycles. The van der Waals surface area contributed by atoms with Crippen molar-refractivity contribution in [2.75, 3.05) is 6.61 Å². The van der Waals surface area contributed by atoms with Gasteiger partial charge in [0.1, 0.15) is 54.9 Å². The van der Waals surface area contributed by atoms with E-state index < -0.39 is 61.2 Å². The molecule has 77 heavy (non-hydrogen) atoms. The van der Waals surface area contributed by atoms with Gasteiger partial charge in [0.15, 0.2) is 6.29 Å². The van der Waals surface area contributed by atoms with Crippen molar-refractivity contribution in [3.63, 3.8) is 0 Å². The second-order valence-electron chi connectivity index (χ2n) is 19.5. The van der Waals surface area contributed by atoms with Crippen LogP contribution in [0, 0.1) is 0 Å². The van der Waals surface area contributed by atoms with Crippen LogP contribution in [0.1, 0.15) is 44.5 Å². The molecule has 10 nitrogen and oxygen atoms in total. The molecule has 2 fully saturated rings. The minimum Gasteiger partial charge on any atom is -0.368 e. The SMILES string of the molecule is c1ccc(COC2[C@@H](OCc3ccccc3)[C@H](OCc3ccccc3)C(O[C@H]3OC[C@H](OCc4ccccc4)[C@H](OCc4ccccc4)[C@H]3OCc3ccccc3)[C@H](OCc3ccccc3)[C@H]2OCc2ccccc2)cc1. The Morgan fingerprint density at radius 1 is 0.234 bits per heavy atom. The summed E-state index contributed by atoms with van der Waals surface area (Å²) >= 11 is 0. The van der Waals surface area contributed by atoms with E-state index in [0.29, 0.717) is 13.2 Å². The van der Waals surface area contributed by atoms with Crippen LogP contribution in [0.5, 0.6) is 0 Å². The zero-order chi connectivity index (χ0) is 52.1. The molecule has 1 aliphatic carbocycles. The lowest BCUT2D eigenvalue weighted by Gasteiger charge is -2.51. The Kier molecular flexibility index (Phi) is 20.0. The maximum atomic E-state index is 7.66. The lowest BCUT2D eigenvalue weighted by atomic mass is 9.83. The van der Waals surface area contributed by atoms with Crippen molar-refractivity contribution in [1.29, 1.82) is 0 Å². The Morgan fingerprint density at radius 3 is 0.701 bits per heavy atom. The van der Waals surface area contributed by atoms with Crippen LogP contribution in [0.4, 0.5) is 0 Å². The fourth-order valence-corrected chi connectivity index (χ4v) is 9.91. The van der Waals surface area contributed by atoms with Crippen molar-refractivity contribution in [2.45, 2.75) is 114 Å². The molecule has 1 heterocycles. The lowest BCUT2D eigenvalue weighted by molar-refractivity contribution is -0.350. The van der Waals surface area contributed by atoms with E-state index >= 15 is 0 Å². The van der Waals surface area contributed by atoms with Crippen LogP contribution in [-0.4, -0.2) is 67.8 Å². The smallest absolute Gasteiger partial charge is 0.187 e. The normalized spacial score (nSPS) is 23.3. The number of hydrogen-bond donors (Lipinski definition) is 0. The molecule has 0 bridgehead atoms. The Morgan fingerprint density at radius 2 is 0.442 bits per heavy atom. The van der Waals surface area contributed by atoms with Gasteiger partial charge in [0, 0.05) is 0 Å².